The fraction of sp³-hybridized carbons (Fsp3) is 0.518. The number of ketones is 6. The molecule has 2 amide bonds. The van der Waals surface area contributed by atoms with Crippen molar-refractivity contribution >= 4 is 64.9 Å². The summed E-state index contributed by atoms with van der Waals surface area (Å²) in [5.74, 6) is -8.94. The van der Waals surface area contributed by atoms with Gasteiger partial charge in [0, 0.05) is 124 Å². The number of morpholine rings is 1. The average molecular weight is 1790 g/mol. The highest BCUT2D eigenvalue weighted by Gasteiger charge is 2.54. The number of nitriles is 1. The molecule has 4 aliphatic carbocycles. The minimum absolute atomic E-state index is 0.0315. The Bertz CT molecular complexity index is 5420. The van der Waals surface area contributed by atoms with Crippen LogP contribution in [0.25, 0.3) is 0 Å². The molecule has 6 aromatic rings. The molecule has 45 heteroatoms. The molecule has 0 radical (unpaired) electrons. The first-order valence-electron chi connectivity index (χ1n) is 40.7. The summed E-state index contributed by atoms with van der Waals surface area (Å²) in [4.78, 5) is 155. The molecule has 4 fully saturated rings. The van der Waals surface area contributed by atoms with Crippen LogP contribution in [0.2, 0.25) is 0 Å². The van der Waals surface area contributed by atoms with E-state index in [4.69, 9.17) is 61.6 Å². The molecule has 686 valence electrons. The second kappa shape index (κ2) is 38.7. The van der Waals surface area contributed by atoms with E-state index in [1.165, 1.54) is 92.4 Å². The fourth-order valence-electron chi connectivity index (χ4n) is 17.3. The van der Waals surface area contributed by atoms with E-state index in [1.807, 2.05) is 0 Å². The number of nitro groups is 2. The van der Waals surface area contributed by atoms with Gasteiger partial charge in [0.2, 0.25) is 17.3 Å². The summed E-state index contributed by atoms with van der Waals surface area (Å²) in [6, 6.07) is 8.57. The van der Waals surface area contributed by atoms with Gasteiger partial charge in [-0.1, -0.05) is 34.2 Å². The maximum Gasteiger partial charge on any atom is 0.509 e. The Balaban J connectivity index is 0.000000221. The smallest absolute Gasteiger partial charge is 0.507 e. The number of benzene rings is 4. The quantitative estimate of drug-likeness (QED) is 0.00936. The predicted molar refractivity (Wildman–Crippen MR) is 428 cm³/mol. The summed E-state index contributed by atoms with van der Waals surface area (Å²) in [6.07, 6.45) is -12.3. The van der Waals surface area contributed by atoms with Crippen molar-refractivity contribution < 1.29 is 155 Å². The van der Waals surface area contributed by atoms with Crippen molar-refractivity contribution in [3.63, 3.8) is 0 Å². The Labute approximate surface area is 727 Å². The second-order valence-electron chi connectivity index (χ2n) is 31.8. The number of Topliss-reactive ketones (excluding diaryl/α,β-unsaturated/α-hetero) is 2. The number of aromatic hydroxyl groups is 4. The molecule has 4 aliphatic heterocycles. The van der Waals surface area contributed by atoms with Gasteiger partial charge in [-0.05, 0) is 55.6 Å². The lowest BCUT2D eigenvalue weighted by Crippen LogP contribution is -2.60. The lowest BCUT2D eigenvalue weighted by atomic mass is 9.72. The number of hydrogen-bond donors (Lipinski definition) is 9. The van der Waals surface area contributed by atoms with Crippen molar-refractivity contribution in [2.45, 2.75) is 170 Å². The number of rotatable bonds is 26. The number of nitrogens with one attached hydrogen (secondary N) is 1. The van der Waals surface area contributed by atoms with Gasteiger partial charge in [0.15, 0.2) is 67.4 Å². The zero-order valence-electron chi connectivity index (χ0n) is 70.6. The third-order valence-corrected chi connectivity index (χ3v) is 24.2. The van der Waals surface area contributed by atoms with Crippen molar-refractivity contribution in [2.75, 3.05) is 93.7 Å². The zero-order valence-corrected chi connectivity index (χ0v) is 70.6. The number of hydrogen-bond acceptors (Lipinski definition) is 39. The van der Waals surface area contributed by atoms with E-state index < -0.39 is 244 Å². The zero-order chi connectivity index (χ0) is 92.4. The molecule has 14 rings (SSSR count). The number of aromatic nitrogens is 4. The molecule has 0 spiro atoms. The van der Waals surface area contributed by atoms with Crippen molar-refractivity contribution in [1.82, 2.24) is 39.1 Å². The van der Waals surface area contributed by atoms with Gasteiger partial charge in [-0.25, -0.2) is 23.5 Å². The number of nitrogens with zero attached hydrogens (tertiary/aromatic N) is 10. The lowest BCUT2D eigenvalue weighted by molar-refractivity contribution is -0.396. The first kappa shape index (κ1) is 93.3. The summed E-state index contributed by atoms with van der Waals surface area (Å²) in [6.45, 7) is 3.33. The van der Waals surface area contributed by atoms with Crippen LogP contribution in [-0.4, -0.2) is 304 Å². The van der Waals surface area contributed by atoms with Crippen molar-refractivity contribution in [1.29, 1.82) is 5.26 Å². The summed E-state index contributed by atoms with van der Waals surface area (Å²) in [5.41, 5.74) is -7.75. The molecule has 2 aromatic heterocycles. The molecule has 8 aliphatic rings. The molecular weight excluding hydrogens is 1690 g/mol. The fourth-order valence-corrected chi connectivity index (χ4v) is 17.3. The molecule has 9 unspecified atom stereocenters. The van der Waals surface area contributed by atoms with Crippen LogP contribution >= 0.6 is 0 Å². The monoisotopic (exact) mass is 1790 g/mol. The van der Waals surface area contributed by atoms with E-state index in [2.05, 4.69) is 21.4 Å². The first-order chi connectivity index (χ1) is 61.0. The number of aliphatic hydroxyl groups is 4. The Hall–Kier alpha value is -12.3. The minimum atomic E-state index is -2.52. The number of imidazole rings is 2. The van der Waals surface area contributed by atoms with Crippen molar-refractivity contribution in [3.8, 4) is 40.6 Å². The largest absolute Gasteiger partial charge is 0.509 e. The van der Waals surface area contributed by atoms with Gasteiger partial charge in [-0.15, -0.1) is 0 Å². The van der Waals surface area contributed by atoms with E-state index in [1.54, 1.807) is 18.7 Å². The SMILES string of the molecule is COCCOC(=O)N(CCNC1CC(OC2CC(O)(C(C)=O)Cc3c(O)c4c(c(O)c32)C(=O)c2c(OC)cccc2C4=O)OC(C)C1O)CC1OCCCCN1C(=O)OCc1cnc([N+](=O)[O-])n1C.COc1cccc2c1C(=O)c1c(O)c3c(c(O)c1C2=O)C[C@@](O)(C(=O)COC(=O)OCc1cnc([N+](=O)[O-])n1C)C[C@@H]3O[C@H]1CC(N2CCOCC2C#N)[C@H](O)[C@H](C)O1. The number of fused-ring (bicyclic) bond motifs is 6. The highest BCUT2D eigenvalue weighted by molar-refractivity contribution is 6.32. The average Bonchev–Trinajstić information content (AvgIpc) is 0.766. The standard InChI is InChI=1S/C45H56N6O18.C38H39N5O16/c1-23-37(53)28(46-11-13-49(43(58)66-16-15-63-4)21-31-50(12-6-7-14-65-31)44(59)67-22-25-20-47-42(48(25)3)51(61)62)17-32(68-23)69-30-19-45(60,24(2)52)18-27-34(30)41(57)36-35(39(27)55)38(54)26-9-8-10-29(64-5)33(26)40(36)56;1-17-31(45)22(42-7-8-55-14-18(42)12-39)9-26(58-17)59-24-11-38(51,25(44)16-57-37(50)56-15-19-13-40-36(41(19)2)43(52)53)10-21-28(24)35(49)30-29(33(21)47)32(46)20-5-4-6-23(54-3)27(20)34(30)48/h8-10,20,23,28,30-32,37,46,53,55,57,60H,6-7,11-19,21-22H2,1-5H3;4-6,13,17-18,22,24,26,31,45,47,49,51H,7-11,14-16H2,1-3H3/t;17-,18?,22?,24-,26-,31+,38-/m.0/s1. The Morgan fingerprint density at radius 3 is 1.73 bits per heavy atom. The highest BCUT2D eigenvalue weighted by atomic mass is 16.7. The first-order valence-corrected chi connectivity index (χ1v) is 40.7. The van der Waals surface area contributed by atoms with Crippen LogP contribution in [0.4, 0.5) is 26.3 Å². The molecule has 128 heavy (non-hydrogen) atoms. The van der Waals surface area contributed by atoms with Gasteiger partial charge in [0.25, 0.3) is 0 Å². The Morgan fingerprint density at radius 1 is 0.672 bits per heavy atom. The number of phenols is 4. The summed E-state index contributed by atoms with van der Waals surface area (Å²) in [7, 11) is 6.78. The molecule has 14 atom stereocenters. The molecule has 4 saturated heterocycles. The molecular formula is C83H95N11O34. The van der Waals surface area contributed by atoms with E-state index in [0.29, 0.717) is 19.4 Å². The van der Waals surface area contributed by atoms with E-state index in [9.17, 15) is 109 Å². The molecule has 0 bridgehead atoms. The molecule has 45 nitrogen and oxygen atoms in total. The molecule has 0 saturated carbocycles. The van der Waals surface area contributed by atoms with E-state index in [0.717, 1.165) is 17.7 Å². The van der Waals surface area contributed by atoms with Gasteiger partial charge in [0.1, 0.15) is 70.7 Å². The Kier molecular flexibility index (Phi) is 28.2. The van der Waals surface area contributed by atoms with Gasteiger partial charge in [-0.2, -0.15) is 5.26 Å². The molecule has 4 aromatic carbocycles. The van der Waals surface area contributed by atoms with Crippen LogP contribution in [0.3, 0.4) is 0 Å². The lowest BCUT2D eigenvalue weighted by Gasteiger charge is -2.47. The van der Waals surface area contributed by atoms with Gasteiger partial charge in [-0.3, -0.25) is 38.6 Å². The third-order valence-electron chi connectivity index (χ3n) is 24.2. The number of carbonyl (C=O) groups excluding carboxylic acids is 9. The number of aliphatic hydroxyl groups excluding tert-OH is 2. The third kappa shape index (κ3) is 18.3. The number of amides is 2. The van der Waals surface area contributed by atoms with Gasteiger partial charge >= 0.3 is 30.2 Å². The number of phenolic OH excluding ortho intramolecular Hbond substituents is 4. The summed E-state index contributed by atoms with van der Waals surface area (Å²) >= 11 is 0. The molecule has 9 N–H and O–H groups in total. The summed E-state index contributed by atoms with van der Waals surface area (Å²) < 4.78 is 75.3. The van der Waals surface area contributed by atoms with Crippen LogP contribution in [0, 0.1) is 31.6 Å². The second-order valence-corrected chi connectivity index (χ2v) is 31.8. The number of carbonyl (C=O) groups is 9. The number of ether oxygens (including phenoxy) is 13. The van der Waals surface area contributed by atoms with Crippen LogP contribution in [0.5, 0.6) is 34.5 Å². The highest BCUT2D eigenvalue weighted by Crippen LogP contribution is 2.55. The normalized spacial score (nSPS) is 25.4. The van der Waals surface area contributed by atoms with Crippen molar-refractivity contribution in [2.24, 2.45) is 14.1 Å². The van der Waals surface area contributed by atoms with E-state index >= 15 is 0 Å². The van der Waals surface area contributed by atoms with Crippen LogP contribution in [0.1, 0.15) is 169 Å². The topological polar surface area (TPSA) is 603 Å². The minimum Gasteiger partial charge on any atom is -0.507 e. The number of methoxy groups -OCH3 is 3. The van der Waals surface area contributed by atoms with Crippen LogP contribution in [-0.2, 0) is 102 Å². The maximum atomic E-state index is 14.1. The predicted octanol–water partition coefficient (Wildman–Crippen LogP) is 3.43. The molecule has 6 heterocycles. The van der Waals surface area contributed by atoms with Crippen LogP contribution < -0.4 is 14.8 Å². The van der Waals surface area contributed by atoms with Crippen molar-refractivity contribution in [3.05, 3.63) is 147 Å². The summed E-state index contributed by atoms with van der Waals surface area (Å²) in [5, 5.41) is 129. The van der Waals surface area contributed by atoms with Gasteiger partial charge < -0.3 is 133 Å². The van der Waals surface area contributed by atoms with E-state index in [-0.39, 0.29) is 146 Å². The van der Waals surface area contributed by atoms with Crippen LogP contribution in [0.15, 0.2) is 48.8 Å². The Morgan fingerprint density at radius 2 is 1.20 bits per heavy atom. The maximum absolute atomic E-state index is 14.1. The van der Waals surface area contributed by atoms with Gasteiger partial charge in [0.05, 0.1) is 131 Å².